The van der Waals surface area contributed by atoms with Crippen LogP contribution < -0.4 is 5.73 Å². The fourth-order valence-electron chi connectivity index (χ4n) is 1.44. The molecule has 3 N–H and O–H groups in total. The summed E-state index contributed by atoms with van der Waals surface area (Å²) in [4.78, 5) is 10.9. The Bertz CT molecular complexity index is 516. The van der Waals surface area contributed by atoms with Crippen LogP contribution in [0.4, 0.5) is 5.69 Å². The molecule has 0 atom stereocenters. The Balaban J connectivity index is 2.86. The van der Waals surface area contributed by atoms with Gasteiger partial charge in [0.05, 0.1) is 11.2 Å². The molecule has 5 heteroatoms. The number of aromatic carboxylic acids is 1. The number of hydrogen-bond acceptors (Lipinski definition) is 3. The van der Waals surface area contributed by atoms with Gasteiger partial charge in [-0.1, -0.05) is 0 Å². The summed E-state index contributed by atoms with van der Waals surface area (Å²) in [6.07, 6.45) is 1.64. The van der Waals surface area contributed by atoms with E-state index < -0.39 is 5.97 Å². The number of hydrogen-bond donors (Lipinski definition) is 2. The van der Waals surface area contributed by atoms with Crippen LogP contribution in [0, 0.1) is 6.92 Å². The first-order valence-corrected chi connectivity index (χ1v) is 4.07. The number of nitrogens with zero attached hydrogens (tertiary/aromatic N) is 2. The normalized spacial score (nSPS) is 10.6. The molecular formula is C9H9N3O2. The second-order valence-electron chi connectivity index (χ2n) is 3.06. The zero-order valence-electron chi connectivity index (χ0n) is 7.56. The third-order valence-electron chi connectivity index (χ3n) is 2.05. The van der Waals surface area contributed by atoms with Gasteiger partial charge in [-0.15, -0.1) is 0 Å². The number of rotatable bonds is 1. The molecule has 0 saturated heterocycles. The maximum absolute atomic E-state index is 10.9. The van der Waals surface area contributed by atoms with E-state index in [4.69, 9.17) is 10.8 Å². The second-order valence-corrected chi connectivity index (χ2v) is 3.06. The van der Waals surface area contributed by atoms with E-state index >= 15 is 0 Å². The minimum absolute atomic E-state index is 0.206. The monoisotopic (exact) mass is 191 g/mol. The van der Waals surface area contributed by atoms with E-state index in [0.717, 1.165) is 0 Å². The first kappa shape index (κ1) is 8.55. The van der Waals surface area contributed by atoms with Crippen LogP contribution in [0.1, 0.15) is 16.1 Å². The molecule has 0 aliphatic rings. The Hall–Kier alpha value is -2.04. The van der Waals surface area contributed by atoms with Gasteiger partial charge in [0.1, 0.15) is 5.56 Å². The summed E-state index contributed by atoms with van der Waals surface area (Å²) in [7, 11) is 0. The summed E-state index contributed by atoms with van der Waals surface area (Å²) in [6, 6.07) is 3.27. The van der Waals surface area contributed by atoms with Crippen molar-refractivity contribution in [2.75, 3.05) is 5.73 Å². The highest BCUT2D eigenvalue weighted by atomic mass is 16.4. The zero-order valence-corrected chi connectivity index (χ0v) is 7.56. The lowest BCUT2D eigenvalue weighted by atomic mass is 10.2. The molecule has 0 radical (unpaired) electrons. The van der Waals surface area contributed by atoms with Gasteiger partial charge in [0.15, 0.2) is 0 Å². The highest BCUT2D eigenvalue weighted by molar-refractivity contribution is 5.97. The molecule has 2 heterocycles. The van der Waals surface area contributed by atoms with Gasteiger partial charge < -0.3 is 10.8 Å². The van der Waals surface area contributed by atoms with E-state index in [1.165, 1.54) is 4.52 Å². The van der Waals surface area contributed by atoms with Crippen LogP contribution in [0.5, 0.6) is 0 Å². The Morgan fingerprint density at radius 3 is 3.00 bits per heavy atom. The van der Waals surface area contributed by atoms with Crippen molar-refractivity contribution in [1.82, 2.24) is 9.61 Å². The molecular weight excluding hydrogens is 182 g/mol. The number of nitrogens with two attached hydrogens (primary N) is 1. The van der Waals surface area contributed by atoms with Crippen LogP contribution in [0.15, 0.2) is 18.3 Å². The number of carbonyl (C=O) groups is 1. The maximum atomic E-state index is 10.9. The summed E-state index contributed by atoms with van der Waals surface area (Å²) in [5.41, 5.74) is 7.31. The lowest BCUT2D eigenvalue weighted by Crippen LogP contribution is -1.98. The highest BCUT2D eigenvalue weighted by Crippen LogP contribution is 2.17. The first-order valence-electron chi connectivity index (χ1n) is 4.07. The number of aromatic nitrogens is 2. The van der Waals surface area contributed by atoms with E-state index in [1.807, 2.05) is 0 Å². The number of anilines is 1. The Labute approximate surface area is 79.8 Å². The molecule has 2 rings (SSSR count). The van der Waals surface area contributed by atoms with Gasteiger partial charge in [-0.2, -0.15) is 5.10 Å². The van der Waals surface area contributed by atoms with Crippen molar-refractivity contribution < 1.29 is 9.90 Å². The molecule has 0 fully saturated rings. The van der Waals surface area contributed by atoms with Gasteiger partial charge in [0.25, 0.3) is 0 Å². The van der Waals surface area contributed by atoms with Crippen LogP contribution in [0.3, 0.4) is 0 Å². The number of fused-ring (bicyclic) bond motifs is 1. The van der Waals surface area contributed by atoms with Gasteiger partial charge in [0.2, 0.25) is 0 Å². The lowest BCUT2D eigenvalue weighted by Gasteiger charge is -1.95. The molecule has 2 aromatic rings. The lowest BCUT2D eigenvalue weighted by molar-refractivity contribution is 0.0698. The Morgan fingerprint density at radius 1 is 1.64 bits per heavy atom. The molecule has 0 saturated carbocycles. The van der Waals surface area contributed by atoms with Crippen molar-refractivity contribution in [3.8, 4) is 0 Å². The summed E-state index contributed by atoms with van der Waals surface area (Å²) in [5.74, 6) is -0.983. The third kappa shape index (κ3) is 1.10. The third-order valence-corrected chi connectivity index (χ3v) is 2.05. The van der Waals surface area contributed by atoms with Crippen molar-refractivity contribution in [2.24, 2.45) is 0 Å². The zero-order chi connectivity index (χ0) is 10.3. The van der Waals surface area contributed by atoms with Crippen molar-refractivity contribution in [2.45, 2.75) is 6.92 Å². The van der Waals surface area contributed by atoms with Crippen LogP contribution in [0.2, 0.25) is 0 Å². The van der Waals surface area contributed by atoms with Crippen molar-refractivity contribution in [3.63, 3.8) is 0 Å². The largest absolute Gasteiger partial charge is 0.478 e. The SMILES string of the molecule is Cc1nn2ccc(N)cc2c1C(=O)O. The molecule has 5 nitrogen and oxygen atoms in total. The van der Waals surface area contributed by atoms with Gasteiger partial charge in [0, 0.05) is 11.9 Å². The van der Waals surface area contributed by atoms with Gasteiger partial charge in [-0.3, -0.25) is 0 Å². The first-order chi connectivity index (χ1) is 6.59. The molecule has 0 unspecified atom stereocenters. The maximum Gasteiger partial charge on any atom is 0.339 e. The van der Waals surface area contributed by atoms with Crippen LogP contribution in [-0.4, -0.2) is 20.7 Å². The molecule has 0 amide bonds. The summed E-state index contributed by atoms with van der Waals surface area (Å²) in [5, 5.41) is 13.0. The number of nitrogen functional groups attached to an aromatic ring is 1. The molecule has 0 aliphatic heterocycles. The van der Waals surface area contributed by atoms with Crippen molar-refractivity contribution in [1.29, 1.82) is 0 Å². The fourth-order valence-corrected chi connectivity index (χ4v) is 1.44. The fraction of sp³-hybridized carbons (Fsp3) is 0.111. The van der Waals surface area contributed by atoms with Gasteiger partial charge >= 0.3 is 5.97 Å². The predicted molar refractivity (Wildman–Crippen MR) is 51.3 cm³/mol. The van der Waals surface area contributed by atoms with E-state index in [1.54, 1.807) is 25.3 Å². The number of carboxylic acids is 1. The molecule has 0 aromatic carbocycles. The molecule has 72 valence electrons. The molecule has 14 heavy (non-hydrogen) atoms. The predicted octanol–water partition coefficient (Wildman–Crippen LogP) is 0.923. The van der Waals surface area contributed by atoms with Gasteiger partial charge in [-0.05, 0) is 19.1 Å². The summed E-state index contributed by atoms with van der Waals surface area (Å²) >= 11 is 0. The molecule has 0 aliphatic carbocycles. The number of pyridine rings is 1. The molecule has 0 bridgehead atoms. The van der Waals surface area contributed by atoms with E-state index in [9.17, 15) is 4.79 Å². The number of carboxylic acid groups (broad SMARTS) is 1. The highest BCUT2D eigenvalue weighted by Gasteiger charge is 2.15. The van der Waals surface area contributed by atoms with E-state index in [0.29, 0.717) is 16.9 Å². The number of aryl methyl sites for hydroxylation is 1. The summed E-state index contributed by atoms with van der Waals surface area (Å²) in [6.45, 7) is 1.66. The van der Waals surface area contributed by atoms with Crippen LogP contribution in [0.25, 0.3) is 5.52 Å². The minimum atomic E-state index is -0.983. The second kappa shape index (κ2) is 2.73. The molecule has 2 aromatic heterocycles. The van der Waals surface area contributed by atoms with Crippen molar-refractivity contribution >= 4 is 17.2 Å². The Morgan fingerprint density at radius 2 is 2.36 bits per heavy atom. The van der Waals surface area contributed by atoms with Crippen molar-refractivity contribution in [3.05, 3.63) is 29.6 Å². The van der Waals surface area contributed by atoms with Crippen LogP contribution >= 0.6 is 0 Å². The Kier molecular flexibility index (Phi) is 1.67. The standard InChI is InChI=1S/C9H9N3O2/c1-5-8(9(13)14)7-4-6(10)2-3-12(7)11-5/h2-4H,10H2,1H3,(H,13,14). The summed E-state index contributed by atoms with van der Waals surface area (Å²) < 4.78 is 1.51. The van der Waals surface area contributed by atoms with Gasteiger partial charge in [-0.25, -0.2) is 9.31 Å². The average molecular weight is 191 g/mol. The van der Waals surface area contributed by atoms with E-state index in [2.05, 4.69) is 5.10 Å². The minimum Gasteiger partial charge on any atom is -0.478 e. The average Bonchev–Trinajstić information content (AvgIpc) is 2.40. The van der Waals surface area contributed by atoms with Crippen LogP contribution in [-0.2, 0) is 0 Å². The van der Waals surface area contributed by atoms with E-state index in [-0.39, 0.29) is 5.56 Å². The smallest absolute Gasteiger partial charge is 0.339 e. The quantitative estimate of drug-likeness (QED) is 0.702. The molecule has 0 spiro atoms. The topological polar surface area (TPSA) is 80.6 Å².